The van der Waals surface area contributed by atoms with Crippen LogP contribution in [0.4, 0.5) is 0 Å². The van der Waals surface area contributed by atoms with Gasteiger partial charge >= 0.3 is 5.78 Å². The molecule has 147 heavy (non-hydrogen) atoms. The molecule has 26 fully saturated rings. The Morgan fingerprint density at radius 1 is 0.327 bits per heavy atom. The van der Waals surface area contributed by atoms with Gasteiger partial charge in [0.25, 0.3) is 10.1 Å². The van der Waals surface area contributed by atoms with Crippen molar-refractivity contribution in [2.75, 3.05) is 52.9 Å². The number of ether oxygens (including phenoxy) is 10. The van der Waals surface area contributed by atoms with Gasteiger partial charge in [0.15, 0.2) is 23.1 Å². The van der Waals surface area contributed by atoms with Crippen molar-refractivity contribution >= 4 is 15.9 Å². The molecule has 6 heterocycles. The van der Waals surface area contributed by atoms with Crippen LogP contribution >= 0.6 is 0 Å². The molecule has 19 heteroatoms. The number of ketones is 1. The first-order valence-corrected chi connectivity index (χ1v) is 63.1. The minimum atomic E-state index is -4.02. The topological polar surface area (TPSA) is 263 Å². The summed E-state index contributed by atoms with van der Waals surface area (Å²) in [6, 6.07) is 5.99. The van der Waals surface area contributed by atoms with Gasteiger partial charge in [-0.2, -0.15) is 8.42 Å². The Balaban J connectivity index is 0.000000105. The van der Waals surface area contributed by atoms with Crippen LogP contribution in [0.3, 0.4) is 0 Å². The van der Waals surface area contributed by atoms with E-state index in [9.17, 15) is 28.5 Å². The predicted octanol–water partition coefficient (Wildman–Crippen LogP) is 26.8. The Labute approximate surface area is 890 Å². The molecule has 0 bridgehead atoms. The summed E-state index contributed by atoms with van der Waals surface area (Å²) in [4.78, 5) is 12.4. The number of benzene rings is 1. The van der Waals surface area contributed by atoms with Crippen LogP contribution in [-0.4, -0.2) is 158 Å². The number of fused-ring (bicyclic) bond motifs is 32. The zero-order valence-corrected chi connectivity index (χ0v) is 96.9. The van der Waals surface area contributed by atoms with Gasteiger partial charge in [-0.05, 0) is 402 Å². The quantitative estimate of drug-likeness (QED) is 0.124. The second kappa shape index (κ2) is 38.7. The Bertz CT molecular complexity index is 4800. The van der Waals surface area contributed by atoms with E-state index in [4.69, 9.17) is 51.9 Å². The number of hydrogen-bond donors (Lipinski definition) is 4. The number of rotatable bonds is 4. The molecular formula is C128H207O18S+. The maximum Gasteiger partial charge on any atom is 0.312 e. The van der Waals surface area contributed by atoms with Gasteiger partial charge in [0.1, 0.15) is 12.8 Å². The fraction of sp³-hybridized carbons (Fsp3) is 0.938. The van der Waals surface area contributed by atoms with Crippen molar-refractivity contribution in [2.45, 2.75) is 493 Å². The molecule has 6 saturated heterocycles. The highest BCUT2D eigenvalue weighted by Gasteiger charge is 2.76. The molecule has 0 radical (unpaired) electrons. The lowest BCUT2D eigenvalue weighted by Crippen LogP contribution is -2.61. The van der Waals surface area contributed by atoms with E-state index in [0.29, 0.717) is 86.9 Å². The third kappa shape index (κ3) is 17.9. The van der Waals surface area contributed by atoms with E-state index >= 15 is 0 Å². The summed E-state index contributed by atoms with van der Waals surface area (Å²) in [5.41, 5.74) is 4.56. The first-order valence-electron chi connectivity index (χ1n) is 61.6. The third-order valence-electron chi connectivity index (χ3n) is 52.5. The number of carbonyl (C=O) groups is 1. The molecule has 1 aromatic carbocycles. The van der Waals surface area contributed by atoms with E-state index in [1.807, 2.05) is 13.3 Å². The first-order chi connectivity index (χ1) is 68.7. The molecule has 18 nitrogen and oxygen atoms in total. The molecule has 1 aromatic rings. The smallest absolute Gasteiger partial charge is 0.312 e. The van der Waals surface area contributed by atoms with Crippen molar-refractivity contribution in [2.24, 2.45) is 212 Å². The Morgan fingerprint density at radius 3 is 1.04 bits per heavy atom. The van der Waals surface area contributed by atoms with E-state index in [1.165, 1.54) is 205 Å². The van der Waals surface area contributed by atoms with Crippen LogP contribution in [0, 0.1) is 225 Å². The molecule has 20 aliphatic carbocycles. The van der Waals surface area contributed by atoms with Crippen molar-refractivity contribution in [3.05, 3.63) is 36.2 Å². The summed E-state index contributed by atoms with van der Waals surface area (Å²) in [7, 11) is -4.02. The van der Waals surface area contributed by atoms with Crippen LogP contribution < -0.4 is 0 Å². The number of carbonyl (C=O) groups excluding carboxylic acids is 1. The van der Waals surface area contributed by atoms with Crippen molar-refractivity contribution in [3.63, 3.8) is 0 Å². The molecular weight excluding hydrogens is 1860 g/mol. The molecule has 40 atom stereocenters. The van der Waals surface area contributed by atoms with Crippen LogP contribution in [0.1, 0.15) is 421 Å². The number of Topliss-reactive ketones (excluding diaryl/α,β-unsaturated/α-hetero) is 1. The van der Waals surface area contributed by atoms with Crippen molar-refractivity contribution in [3.8, 4) is 0 Å². The largest absolute Gasteiger partial charge is 0.412 e. The van der Waals surface area contributed by atoms with Crippen molar-refractivity contribution in [1.29, 1.82) is 0 Å². The molecule has 4 spiro atoms. The Morgan fingerprint density at radius 2 is 0.660 bits per heavy atom. The predicted molar refractivity (Wildman–Crippen MR) is 575 cm³/mol. The van der Waals surface area contributed by atoms with Crippen LogP contribution in [0.5, 0.6) is 0 Å². The Hall–Kier alpha value is -1.89. The van der Waals surface area contributed by atoms with E-state index in [0.717, 1.165) is 242 Å². The number of aryl methyl sites for hydroxylation is 1. The van der Waals surface area contributed by atoms with Gasteiger partial charge in [-0.15, -0.1) is 0 Å². The molecule has 27 rings (SSSR count). The molecule has 6 N–H and O–H groups in total. The maximum atomic E-state index is 12.4. The zero-order chi connectivity index (χ0) is 104. The highest BCUT2D eigenvalue weighted by Crippen LogP contribution is 2.78. The van der Waals surface area contributed by atoms with Gasteiger partial charge in [-0.25, -0.2) is 4.79 Å². The summed E-state index contributed by atoms with van der Waals surface area (Å²) in [5.74, 6) is 16.6. The highest BCUT2D eigenvalue weighted by atomic mass is 32.2. The minimum Gasteiger partial charge on any atom is -0.412 e. The second-order valence-electron chi connectivity index (χ2n) is 62.0. The van der Waals surface area contributed by atoms with Crippen LogP contribution in [0.15, 0.2) is 29.2 Å². The number of aliphatic hydroxyl groups is 3. The van der Waals surface area contributed by atoms with E-state index in [-0.39, 0.29) is 101 Å². The molecule has 20 saturated carbocycles. The van der Waals surface area contributed by atoms with Crippen LogP contribution in [0.25, 0.3) is 0 Å². The number of hydrogen-bond acceptors (Lipinski definition) is 16. The summed E-state index contributed by atoms with van der Waals surface area (Å²) >= 11 is 0. The monoisotopic (exact) mass is 2060 g/mol. The number of epoxide rings is 2. The molecule has 0 unspecified atom stereocenters. The van der Waals surface area contributed by atoms with E-state index in [2.05, 4.69) is 145 Å². The lowest BCUT2D eigenvalue weighted by Gasteiger charge is -2.63. The van der Waals surface area contributed by atoms with Crippen molar-refractivity contribution < 1.29 is 85.9 Å². The van der Waals surface area contributed by atoms with Crippen LogP contribution in [-0.2, 0) is 62.3 Å². The summed E-state index contributed by atoms with van der Waals surface area (Å²) < 4.78 is 94.5. The SMILES string of the molecule is CC1(C)COC2(CC[C@H]3[C@@H]4CC[C@H]5C[C@@H]6O[C@@H]6C[C@]5(C)[C@H]4CC[C@@]32C)OC1.CC1(C)COC2(CC[C@H]3[C@@H]4CC[C@H]5[C@@H]6O[C@@H]6CC[C@]5(C)[C@H]4CC[C@@]32C)OC1.CC[C@H]1C[C@@]2(C)[C@@H](CC[C@@H]3[C@@H]2CC[C@@]2(C)[C@H]3CCC23OCC(C)(C)CO3)C[C@@H]1O.CC[C@H]1C[C@@]2(C)[C@@H](CC[C@@H]3[C@@H]2CC[C@]2(C)C(=O)[CH+]C[C@@H]32)C[C@@H]1O.CC[C@H]1[C@H](O)CC[C@]2(C)[C@H]3CC[C@@]4(C)[C@@H](CCC45OCC(C)(C)CO5)[C@@H]3CC[C@@H]12.Cc1ccc(S(=O)(=O)O)cc1.O. The van der Waals surface area contributed by atoms with Gasteiger partial charge in [0.05, 0.1) is 106 Å². The van der Waals surface area contributed by atoms with Gasteiger partial charge < -0.3 is 68.2 Å². The molecule has 0 amide bonds. The number of aliphatic hydroxyl groups excluding tert-OH is 3. The summed E-state index contributed by atoms with van der Waals surface area (Å²) in [6.07, 6.45) is 56.8. The molecule has 26 aliphatic rings. The minimum absolute atomic E-state index is 0. The standard InChI is InChI=1S/2C26H44O3.2C24H38O3.C21H33O2.C7H8O3S.H2O/c1-6-17-19-8-7-18-20(24(19,4)12-11-22(17)27)9-13-25(5)21(18)10-14-26(25)28-15-23(2,3)16-29-26;1-6-17-14-24(4)18(13-22(17)27)7-8-19-20(24)9-11-25(5)21(19)10-12-26(25)28-15-23(2,3)16-29-26;1-21(2)13-25-24(26-14-21)12-8-17-15-5-6-18-20-19(27-20)9-10-22(18,3)16(15)7-11-23(17,24)4;1-21(2)13-25-24(26-14-21)10-8-18-16-6-5-15-11-19-20(27-19)12-22(15,3)17(16)7-9-23(18,24)4;1-4-13-12-21(3)14(11-18(13)22)5-6-15-16-7-8-19(23)20(16,2)10-9-17(15)21;1-6-2-4-7(5-3-6)11(8,9)10;/h2*17-22,27H,6-16H2,1-5H3;2*15-20H,5-14H2,1-4H3;8,13-18,22H,4-7,9-12H2,1-3H3;2-5H,1H3,(H,8,9,10);1H2/q;;;;+1;;/t17-,18-,19+,20+,21+,22-,24+,25+;17-,18-,19+,20-,21-,22-,24-,25-;15-,16+,17+,18+,19-,20+,22-,23+;15-,16+,17-,18-,19-,20+,22-,23-;13-,14-,15-,16-,17-,18-,20-,21-;;/m10100../s1. The van der Waals surface area contributed by atoms with Gasteiger partial charge in [-0.3, -0.25) is 4.55 Å². The molecule has 6 aliphatic heterocycles. The average molecular weight is 2070 g/mol. The van der Waals surface area contributed by atoms with E-state index in [1.54, 1.807) is 12.1 Å². The second-order valence-corrected chi connectivity index (χ2v) is 63.4. The van der Waals surface area contributed by atoms with E-state index < -0.39 is 10.1 Å². The fourth-order valence-electron chi connectivity index (χ4n) is 43.6. The molecule has 0 aromatic heterocycles. The van der Waals surface area contributed by atoms with Crippen molar-refractivity contribution in [1.82, 2.24) is 0 Å². The fourth-order valence-corrected chi connectivity index (χ4v) is 44.1. The lowest BCUT2D eigenvalue weighted by atomic mass is 9.43. The van der Waals surface area contributed by atoms with Gasteiger partial charge in [-0.1, -0.05) is 175 Å². The average Bonchev–Trinajstić information content (AvgIpc) is 1.57. The highest BCUT2D eigenvalue weighted by molar-refractivity contribution is 7.85. The van der Waals surface area contributed by atoms with Crippen LogP contribution in [0.2, 0.25) is 0 Å². The van der Waals surface area contributed by atoms with Gasteiger partial charge in [0, 0.05) is 74.9 Å². The Kier molecular flexibility index (Phi) is 29.1. The lowest BCUT2D eigenvalue weighted by molar-refractivity contribution is -0.348. The summed E-state index contributed by atoms with van der Waals surface area (Å²) in [6.45, 7) is 58.8. The zero-order valence-electron chi connectivity index (χ0n) is 96.1. The molecule has 832 valence electrons. The first kappa shape index (κ1) is 111. The maximum absolute atomic E-state index is 12.4. The normalized spacial score (nSPS) is 51.6. The summed E-state index contributed by atoms with van der Waals surface area (Å²) in [5, 5.41) is 31.9. The third-order valence-corrected chi connectivity index (χ3v) is 53.4. The van der Waals surface area contributed by atoms with Gasteiger partial charge in [0.2, 0.25) is 0 Å².